The number of aliphatic hydroxyl groups is 2. The second kappa shape index (κ2) is 8.71. The van der Waals surface area contributed by atoms with Crippen LogP contribution in [0.5, 0.6) is 11.5 Å². The summed E-state index contributed by atoms with van der Waals surface area (Å²) in [5.41, 5.74) is 4.00. The summed E-state index contributed by atoms with van der Waals surface area (Å²) < 4.78 is 11.8. The van der Waals surface area contributed by atoms with E-state index in [4.69, 9.17) is 15.2 Å². The van der Waals surface area contributed by atoms with E-state index in [1.54, 1.807) is 26.0 Å². The number of phenolic OH excluding ortho intramolecular Hbond substituents is 2. The molecule has 10 heteroatoms. The third kappa shape index (κ3) is 3.79. The van der Waals surface area contributed by atoms with E-state index in [1.165, 1.54) is 13.0 Å². The van der Waals surface area contributed by atoms with Crippen LogP contribution in [-0.2, 0) is 20.7 Å². The topological polar surface area (TPSA) is 177 Å². The first-order valence-corrected chi connectivity index (χ1v) is 12.1. The Labute approximate surface area is 212 Å². The first-order chi connectivity index (χ1) is 17.4. The number of aliphatic hydroxyl groups excluding tert-OH is 1. The van der Waals surface area contributed by atoms with Crippen LogP contribution in [0.4, 0.5) is 0 Å². The number of Topliss-reactive ketones (excluding diaryl/α,β-unsaturated/α-hetero) is 1. The Morgan fingerprint density at radius 1 is 1.14 bits per heavy atom. The highest BCUT2D eigenvalue weighted by atomic mass is 16.7. The van der Waals surface area contributed by atoms with Gasteiger partial charge >= 0.3 is 0 Å². The maximum absolute atomic E-state index is 13.6. The van der Waals surface area contributed by atoms with Crippen molar-refractivity contribution in [1.82, 2.24) is 0 Å². The van der Waals surface area contributed by atoms with Gasteiger partial charge in [0.25, 0.3) is 0 Å². The van der Waals surface area contributed by atoms with Crippen molar-refractivity contribution in [2.45, 2.75) is 76.3 Å². The molecule has 2 aromatic rings. The standard InChI is InChI=1S/C27H29NO9/c1-10-5-4-6-13-18(10)25(33)21-20(23(13)31)24(32)14-8-27(35,12(3)29)9-16(19(14)26(21)34)37-17-7-15(28)22(30)11(2)36-17/h4-6,11,15-17,22,30,32,34-35H,7-9,28H2,1-3H3/t11?,15?,16-,17?,22?,27-/m0/s1. The molecule has 3 aliphatic rings. The maximum Gasteiger partial charge on any atom is 0.198 e. The monoisotopic (exact) mass is 511 g/mol. The number of nitrogens with two attached hydrogens (primary N) is 1. The van der Waals surface area contributed by atoms with E-state index in [1.807, 2.05) is 0 Å². The molecule has 1 fully saturated rings. The lowest BCUT2D eigenvalue weighted by atomic mass is 9.71. The van der Waals surface area contributed by atoms with Crippen LogP contribution in [-0.4, -0.2) is 67.9 Å². The van der Waals surface area contributed by atoms with Gasteiger partial charge in [0.2, 0.25) is 0 Å². The number of fused-ring (bicyclic) bond motifs is 3. The summed E-state index contributed by atoms with van der Waals surface area (Å²) in [4.78, 5) is 39.4. The summed E-state index contributed by atoms with van der Waals surface area (Å²) in [5.74, 6) is -3.03. The third-order valence-electron chi connectivity index (χ3n) is 7.82. The van der Waals surface area contributed by atoms with E-state index < -0.39 is 71.5 Å². The molecule has 37 heavy (non-hydrogen) atoms. The second-order valence-electron chi connectivity index (χ2n) is 10.2. The summed E-state index contributed by atoms with van der Waals surface area (Å²) in [5, 5.41) is 44.0. The molecule has 1 heterocycles. The van der Waals surface area contributed by atoms with Gasteiger partial charge < -0.3 is 35.6 Å². The fraction of sp³-hybridized carbons (Fsp3) is 0.444. The lowest BCUT2D eigenvalue weighted by Crippen LogP contribution is -2.52. The van der Waals surface area contributed by atoms with Gasteiger partial charge in [0.1, 0.15) is 17.1 Å². The summed E-state index contributed by atoms with van der Waals surface area (Å²) in [6, 6.07) is 4.08. The molecule has 0 amide bonds. The average Bonchev–Trinajstić information content (AvgIpc) is 2.82. The van der Waals surface area contributed by atoms with Crippen molar-refractivity contribution in [3.05, 3.63) is 57.1 Å². The summed E-state index contributed by atoms with van der Waals surface area (Å²) in [7, 11) is 0. The highest BCUT2D eigenvalue weighted by Gasteiger charge is 2.49. The summed E-state index contributed by atoms with van der Waals surface area (Å²) in [6.45, 7) is 4.48. The summed E-state index contributed by atoms with van der Waals surface area (Å²) >= 11 is 0. The highest BCUT2D eigenvalue weighted by Crippen LogP contribution is 2.52. The van der Waals surface area contributed by atoms with Crippen LogP contribution in [0.2, 0.25) is 0 Å². The smallest absolute Gasteiger partial charge is 0.198 e. The Bertz CT molecular complexity index is 1340. The van der Waals surface area contributed by atoms with E-state index in [0.717, 1.165) is 0 Å². The molecule has 0 spiro atoms. The SMILES string of the molecule is CC(=O)[C@]1(O)Cc2c(O)c3c(c(O)c2[C@@H](OC2CC(N)C(O)C(C)O2)C1)C(=O)c1c(C)cccc1C3=O. The number of ether oxygens (including phenoxy) is 2. The van der Waals surface area contributed by atoms with Gasteiger partial charge in [-0.05, 0) is 26.3 Å². The average molecular weight is 512 g/mol. The molecular weight excluding hydrogens is 482 g/mol. The van der Waals surface area contributed by atoms with Crippen molar-refractivity contribution < 1.29 is 44.3 Å². The Morgan fingerprint density at radius 3 is 2.46 bits per heavy atom. The van der Waals surface area contributed by atoms with Gasteiger partial charge in [-0.25, -0.2) is 0 Å². The molecule has 10 nitrogen and oxygen atoms in total. The number of carbonyl (C=O) groups excluding carboxylic acids is 3. The van der Waals surface area contributed by atoms with E-state index in [2.05, 4.69) is 0 Å². The van der Waals surface area contributed by atoms with Gasteiger partial charge in [-0.3, -0.25) is 14.4 Å². The maximum atomic E-state index is 13.6. The number of benzene rings is 2. The van der Waals surface area contributed by atoms with Gasteiger partial charge in [0.15, 0.2) is 23.6 Å². The molecule has 1 aliphatic heterocycles. The first kappa shape index (κ1) is 25.5. The number of hydrogen-bond acceptors (Lipinski definition) is 10. The minimum absolute atomic E-state index is 0.00342. The molecule has 0 radical (unpaired) electrons. The predicted molar refractivity (Wildman–Crippen MR) is 129 cm³/mol. The van der Waals surface area contributed by atoms with Crippen LogP contribution in [0.25, 0.3) is 0 Å². The Balaban J connectivity index is 1.68. The Hall–Kier alpha value is -3.15. The zero-order valence-electron chi connectivity index (χ0n) is 20.6. The number of phenols is 2. The molecule has 2 aliphatic carbocycles. The van der Waals surface area contributed by atoms with E-state index in [9.17, 15) is 34.8 Å². The largest absolute Gasteiger partial charge is 0.507 e. The normalized spacial score (nSPS) is 30.9. The number of aromatic hydroxyl groups is 2. The van der Waals surface area contributed by atoms with Crippen LogP contribution >= 0.6 is 0 Å². The van der Waals surface area contributed by atoms with Crippen molar-refractivity contribution in [3.8, 4) is 11.5 Å². The van der Waals surface area contributed by atoms with Gasteiger partial charge in [0.05, 0.1) is 29.4 Å². The first-order valence-electron chi connectivity index (χ1n) is 12.1. The number of carbonyl (C=O) groups is 3. The van der Waals surface area contributed by atoms with E-state index in [0.29, 0.717) is 5.56 Å². The van der Waals surface area contributed by atoms with Gasteiger partial charge in [-0.1, -0.05) is 18.2 Å². The molecular formula is C27H29NO9. The van der Waals surface area contributed by atoms with Gasteiger partial charge in [0, 0.05) is 47.6 Å². The molecule has 6 atom stereocenters. The van der Waals surface area contributed by atoms with Crippen LogP contribution in [0.15, 0.2) is 18.2 Å². The molecule has 5 rings (SSSR count). The number of rotatable bonds is 3. The van der Waals surface area contributed by atoms with Crippen molar-refractivity contribution in [3.63, 3.8) is 0 Å². The third-order valence-corrected chi connectivity index (χ3v) is 7.82. The second-order valence-corrected chi connectivity index (χ2v) is 10.2. The summed E-state index contributed by atoms with van der Waals surface area (Å²) in [6.07, 6.45) is -4.39. The number of aryl methyl sites for hydroxylation is 1. The fourth-order valence-corrected chi connectivity index (χ4v) is 5.69. The minimum atomic E-state index is -1.98. The number of hydrogen-bond donors (Lipinski definition) is 5. The predicted octanol–water partition coefficient (Wildman–Crippen LogP) is 1.33. The molecule has 4 unspecified atom stereocenters. The van der Waals surface area contributed by atoms with Crippen LogP contribution in [0.1, 0.15) is 81.3 Å². The zero-order chi connectivity index (χ0) is 27.0. The minimum Gasteiger partial charge on any atom is -0.507 e. The molecule has 0 saturated carbocycles. The van der Waals surface area contributed by atoms with Crippen LogP contribution < -0.4 is 5.73 Å². The fourth-order valence-electron chi connectivity index (χ4n) is 5.69. The van der Waals surface area contributed by atoms with Crippen molar-refractivity contribution in [2.24, 2.45) is 5.73 Å². The molecule has 2 aromatic carbocycles. The van der Waals surface area contributed by atoms with Crippen molar-refractivity contribution >= 4 is 17.3 Å². The Morgan fingerprint density at radius 2 is 1.81 bits per heavy atom. The quantitative estimate of drug-likeness (QED) is 0.322. The molecule has 1 saturated heterocycles. The molecule has 196 valence electrons. The highest BCUT2D eigenvalue weighted by molar-refractivity contribution is 6.31. The molecule has 0 aromatic heterocycles. The zero-order valence-corrected chi connectivity index (χ0v) is 20.6. The van der Waals surface area contributed by atoms with E-state index in [-0.39, 0.29) is 46.2 Å². The van der Waals surface area contributed by atoms with Crippen molar-refractivity contribution in [2.75, 3.05) is 0 Å². The lowest BCUT2D eigenvalue weighted by Gasteiger charge is -2.42. The molecule has 6 N–H and O–H groups in total. The van der Waals surface area contributed by atoms with Gasteiger partial charge in [-0.15, -0.1) is 0 Å². The van der Waals surface area contributed by atoms with Crippen LogP contribution in [0.3, 0.4) is 0 Å². The van der Waals surface area contributed by atoms with E-state index >= 15 is 0 Å². The number of ketones is 3. The van der Waals surface area contributed by atoms with Crippen LogP contribution in [0, 0.1) is 6.92 Å². The molecule has 0 bridgehead atoms. The van der Waals surface area contributed by atoms with Gasteiger partial charge in [-0.2, -0.15) is 0 Å². The van der Waals surface area contributed by atoms with Crippen molar-refractivity contribution in [1.29, 1.82) is 0 Å². The Kier molecular flexibility index (Phi) is 6.00. The lowest BCUT2D eigenvalue weighted by molar-refractivity contribution is -0.247.